The summed E-state index contributed by atoms with van der Waals surface area (Å²) in [5.74, 6) is -1.20. The van der Waals surface area contributed by atoms with Crippen molar-refractivity contribution in [3.05, 3.63) is 11.9 Å². The Hall–Kier alpha value is -1.89. The summed E-state index contributed by atoms with van der Waals surface area (Å²) in [6, 6.07) is 0. The second-order valence-corrected chi connectivity index (χ2v) is 3.05. The summed E-state index contributed by atoms with van der Waals surface area (Å²) in [4.78, 5) is 26.6. The average molecular weight is 227 g/mol. The van der Waals surface area contributed by atoms with Gasteiger partial charge in [-0.3, -0.25) is 14.7 Å². The molecule has 0 aliphatic carbocycles. The smallest absolute Gasteiger partial charge is 0.356 e. The number of rotatable bonds is 7. The van der Waals surface area contributed by atoms with Crippen molar-refractivity contribution in [3.63, 3.8) is 0 Å². The topological polar surface area (TPSA) is 95.5 Å². The molecule has 88 valence electrons. The van der Waals surface area contributed by atoms with Crippen molar-refractivity contribution >= 4 is 18.1 Å². The minimum Gasteiger partial charge on any atom is -0.476 e. The maximum Gasteiger partial charge on any atom is 0.356 e. The standard InChI is InChI=1S/C9H13N3O4/c1-2-3-4-16-12(6-13)7-5-10-11-8(7)9(14)15/h5-6H,2-4H2,1H3,(H,10,11)(H,14,15). The Morgan fingerprint density at radius 3 is 3.06 bits per heavy atom. The van der Waals surface area contributed by atoms with Gasteiger partial charge in [-0.25, -0.2) is 4.79 Å². The van der Waals surface area contributed by atoms with E-state index in [-0.39, 0.29) is 11.4 Å². The molecule has 7 heteroatoms. The van der Waals surface area contributed by atoms with Crippen LogP contribution in [0.2, 0.25) is 0 Å². The molecule has 0 fully saturated rings. The molecule has 1 aromatic rings. The van der Waals surface area contributed by atoms with Crippen molar-refractivity contribution < 1.29 is 19.5 Å². The fourth-order valence-corrected chi connectivity index (χ4v) is 1.07. The summed E-state index contributed by atoms with van der Waals surface area (Å²) in [5, 5.41) is 15.5. The first kappa shape index (κ1) is 12.2. The molecule has 1 rings (SSSR count). The highest BCUT2D eigenvalue weighted by atomic mass is 16.7. The van der Waals surface area contributed by atoms with Gasteiger partial charge in [-0.15, -0.1) is 0 Å². The molecule has 7 nitrogen and oxygen atoms in total. The first-order valence-corrected chi connectivity index (χ1v) is 4.84. The minimum absolute atomic E-state index is 0.0959. The monoisotopic (exact) mass is 227 g/mol. The number of hydrogen-bond acceptors (Lipinski definition) is 4. The van der Waals surface area contributed by atoms with Gasteiger partial charge < -0.3 is 5.11 Å². The van der Waals surface area contributed by atoms with Gasteiger partial charge in [0.2, 0.25) is 6.41 Å². The van der Waals surface area contributed by atoms with Crippen LogP contribution in [-0.2, 0) is 9.63 Å². The summed E-state index contributed by atoms with van der Waals surface area (Å²) in [5.41, 5.74) is -0.0813. The average Bonchev–Trinajstić information content (AvgIpc) is 2.73. The van der Waals surface area contributed by atoms with Crippen LogP contribution in [0.25, 0.3) is 0 Å². The number of carboxylic acid groups (broad SMARTS) is 1. The molecule has 0 spiro atoms. The van der Waals surface area contributed by atoms with E-state index in [1.165, 1.54) is 6.20 Å². The number of anilines is 1. The SMILES string of the molecule is CCCCON(C=O)c1cn[nH]c1C(=O)O. The van der Waals surface area contributed by atoms with E-state index in [9.17, 15) is 9.59 Å². The number of H-pyrrole nitrogens is 1. The molecular weight excluding hydrogens is 214 g/mol. The number of hydroxylamine groups is 1. The largest absolute Gasteiger partial charge is 0.476 e. The lowest BCUT2D eigenvalue weighted by Crippen LogP contribution is -2.23. The lowest BCUT2D eigenvalue weighted by molar-refractivity contribution is -0.114. The van der Waals surface area contributed by atoms with Crippen LogP contribution in [0.5, 0.6) is 0 Å². The second-order valence-electron chi connectivity index (χ2n) is 3.05. The zero-order chi connectivity index (χ0) is 12.0. The number of nitrogens with zero attached hydrogens (tertiary/aromatic N) is 2. The van der Waals surface area contributed by atoms with Gasteiger partial charge >= 0.3 is 5.97 Å². The zero-order valence-corrected chi connectivity index (χ0v) is 8.84. The Bertz CT molecular complexity index is 363. The van der Waals surface area contributed by atoms with Gasteiger partial charge in [0.25, 0.3) is 0 Å². The van der Waals surface area contributed by atoms with E-state index in [0.29, 0.717) is 13.0 Å². The third-order valence-electron chi connectivity index (χ3n) is 1.89. The highest BCUT2D eigenvalue weighted by Gasteiger charge is 2.18. The third-order valence-corrected chi connectivity index (χ3v) is 1.89. The summed E-state index contributed by atoms with van der Waals surface area (Å²) < 4.78 is 0. The van der Waals surface area contributed by atoms with Gasteiger partial charge in [-0.2, -0.15) is 10.2 Å². The predicted molar refractivity (Wildman–Crippen MR) is 55.0 cm³/mol. The van der Waals surface area contributed by atoms with Crippen LogP contribution in [0.4, 0.5) is 5.69 Å². The molecule has 1 aromatic heterocycles. The number of aromatic carboxylic acids is 1. The lowest BCUT2D eigenvalue weighted by Gasteiger charge is -2.15. The van der Waals surface area contributed by atoms with Crippen LogP contribution < -0.4 is 5.06 Å². The third kappa shape index (κ3) is 2.80. The quantitative estimate of drug-likeness (QED) is 0.408. The van der Waals surface area contributed by atoms with Crippen LogP contribution in [-0.4, -0.2) is 34.3 Å². The lowest BCUT2D eigenvalue weighted by atomic mass is 10.3. The van der Waals surface area contributed by atoms with E-state index >= 15 is 0 Å². The summed E-state index contributed by atoms with van der Waals surface area (Å²) in [6.45, 7) is 2.33. The van der Waals surface area contributed by atoms with E-state index < -0.39 is 5.97 Å². The molecule has 0 aromatic carbocycles. The van der Waals surface area contributed by atoms with Crippen LogP contribution in [0.1, 0.15) is 30.3 Å². The van der Waals surface area contributed by atoms with Crippen molar-refractivity contribution in [2.75, 3.05) is 11.7 Å². The van der Waals surface area contributed by atoms with Crippen molar-refractivity contribution in [1.29, 1.82) is 0 Å². The number of amides is 1. The number of carbonyl (C=O) groups excluding carboxylic acids is 1. The number of unbranched alkanes of at least 4 members (excludes halogenated alkanes) is 1. The van der Waals surface area contributed by atoms with E-state index in [4.69, 9.17) is 9.94 Å². The fraction of sp³-hybridized carbons (Fsp3) is 0.444. The van der Waals surface area contributed by atoms with Crippen LogP contribution in [0.15, 0.2) is 6.20 Å². The first-order valence-electron chi connectivity index (χ1n) is 4.84. The van der Waals surface area contributed by atoms with Crippen molar-refractivity contribution in [2.24, 2.45) is 0 Å². The highest BCUT2D eigenvalue weighted by molar-refractivity contribution is 5.94. The van der Waals surface area contributed by atoms with Gasteiger partial charge in [-0.05, 0) is 6.42 Å². The van der Waals surface area contributed by atoms with Gasteiger partial charge in [0.1, 0.15) is 5.69 Å². The van der Waals surface area contributed by atoms with E-state index in [1.54, 1.807) is 0 Å². The molecule has 0 radical (unpaired) electrons. The highest BCUT2D eigenvalue weighted by Crippen LogP contribution is 2.16. The van der Waals surface area contributed by atoms with Gasteiger partial charge in [0.15, 0.2) is 5.69 Å². The Balaban J connectivity index is 2.74. The minimum atomic E-state index is -1.20. The molecule has 2 N–H and O–H groups in total. The number of hydrogen-bond donors (Lipinski definition) is 2. The normalized spacial score (nSPS) is 10.1. The van der Waals surface area contributed by atoms with Gasteiger partial charge in [-0.1, -0.05) is 13.3 Å². The van der Waals surface area contributed by atoms with E-state index in [2.05, 4.69) is 10.2 Å². The Kier molecular flexibility index (Phi) is 4.46. The molecule has 0 unspecified atom stereocenters. The maximum absolute atomic E-state index is 10.8. The number of nitrogens with one attached hydrogen (secondary N) is 1. The van der Waals surface area contributed by atoms with Crippen LogP contribution in [0.3, 0.4) is 0 Å². The molecule has 0 aliphatic heterocycles. The number of carboxylic acids is 1. The molecule has 1 amide bonds. The molecule has 0 bridgehead atoms. The van der Waals surface area contributed by atoms with E-state index in [1.807, 2.05) is 6.92 Å². The maximum atomic E-state index is 10.8. The predicted octanol–water partition coefficient (Wildman–Crippen LogP) is 0.802. The van der Waals surface area contributed by atoms with Crippen molar-refractivity contribution in [3.8, 4) is 0 Å². The summed E-state index contributed by atoms with van der Waals surface area (Å²) in [6.07, 6.45) is 3.34. The molecule has 0 saturated heterocycles. The summed E-state index contributed by atoms with van der Waals surface area (Å²) in [7, 11) is 0. The number of aromatic nitrogens is 2. The molecular formula is C9H13N3O4. The molecule has 0 aliphatic rings. The first-order chi connectivity index (χ1) is 7.70. The van der Waals surface area contributed by atoms with Crippen LogP contribution >= 0.6 is 0 Å². The Morgan fingerprint density at radius 1 is 1.75 bits per heavy atom. The molecule has 1 heterocycles. The van der Waals surface area contributed by atoms with Gasteiger partial charge in [0.05, 0.1) is 12.8 Å². The fourth-order valence-electron chi connectivity index (χ4n) is 1.07. The zero-order valence-electron chi connectivity index (χ0n) is 8.84. The summed E-state index contributed by atoms with van der Waals surface area (Å²) >= 11 is 0. The number of aromatic amines is 1. The second kappa shape index (κ2) is 5.86. The molecule has 16 heavy (non-hydrogen) atoms. The van der Waals surface area contributed by atoms with E-state index in [0.717, 1.165) is 17.9 Å². The Labute approximate surface area is 92.0 Å². The van der Waals surface area contributed by atoms with Crippen molar-refractivity contribution in [2.45, 2.75) is 19.8 Å². The molecule has 0 atom stereocenters. The molecule has 0 saturated carbocycles. The number of carbonyl (C=O) groups is 2. The van der Waals surface area contributed by atoms with Crippen LogP contribution in [0, 0.1) is 0 Å². The Morgan fingerprint density at radius 2 is 2.50 bits per heavy atom. The van der Waals surface area contributed by atoms with Gasteiger partial charge in [0, 0.05) is 0 Å². The van der Waals surface area contributed by atoms with Crippen molar-refractivity contribution in [1.82, 2.24) is 10.2 Å².